The first-order valence-electron chi connectivity index (χ1n) is 6.92. The van der Waals surface area contributed by atoms with Crippen molar-refractivity contribution < 1.29 is 0 Å². The largest absolute Gasteiger partial charge is 0.308 e. The number of hydrogen-bond acceptors (Lipinski definition) is 3. The van der Waals surface area contributed by atoms with E-state index in [2.05, 4.69) is 49.7 Å². The molecule has 102 valence electrons. The predicted molar refractivity (Wildman–Crippen MR) is 88.5 cm³/mol. The van der Waals surface area contributed by atoms with Gasteiger partial charge in [-0.2, -0.15) is 11.8 Å². The van der Waals surface area contributed by atoms with Crippen LogP contribution in [-0.2, 0) is 0 Å². The molecule has 19 heavy (non-hydrogen) atoms. The standard InChI is InChI=1S/C16H21NS2/c1-11-13-6-4-5-7-14(13)19-15(11)12(2)17-10-16(18-3)8-9-16/h4-7,12,17H,8-10H2,1-3H3. The molecule has 1 N–H and O–H groups in total. The lowest BCUT2D eigenvalue weighted by Crippen LogP contribution is -2.28. The van der Waals surface area contributed by atoms with Crippen LogP contribution in [0.4, 0.5) is 0 Å². The van der Waals surface area contributed by atoms with Gasteiger partial charge in [0.15, 0.2) is 0 Å². The molecule has 1 heterocycles. The number of thiophene rings is 1. The zero-order valence-electron chi connectivity index (χ0n) is 11.8. The van der Waals surface area contributed by atoms with Crippen molar-refractivity contribution in [3.63, 3.8) is 0 Å². The van der Waals surface area contributed by atoms with E-state index in [9.17, 15) is 0 Å². The van der Waals surface area contributed by atoms with Gasteiger partial charge in [0.05, 0.1) is 0 Å². The van der Waals surface area contributed by atoms with E-state index in [0.717, 1.165) is 6.54 Å². The van der Waals surface area contributed by atoms with Crippen molar-refractivity contribution in [1.82, 2.24) is 5.32 Å². The van der Waals surface area contributed by atoms with Gasteiger partial charge >= 0.3 is 0 Å². The summed E-state index contributed by atoms with van der Waals surface area (Å²) in [7, 11) is 0. The molecule has 3 heteroatoms. The van der Waals surface area contributed by atoms with Crippen LogP contribution in [0.2, 0.25) is 0 Å². The lowest BCUT2D eigenvalue weighted by atomic mass is 10.1. The van der Waals surface area contributed by atoms with Crippen LogP contribution >= 0.6 is 23.1 Å². The maximum atomic E-state index is 3.74. The number of nitrogens with one attached hydrogen (secondary N) is 1. The van der Waals surface area contributed by atoms with E-state index in [4.69, 9.17) is 0 Å². The van der Waals surface area contributed by atoms with Crippen LogP contribution in [0.3, 0.4) is 0 Å². The minimum Gasteiger partial charge on any atom is -0.308 e. The monoisotopic (exact) mass is 291 g/mol. The summed E-state index contributed by atoms with van der Waals surface area (Å²) in [5.74, 6) is 0. The van der Waals surface area contributed by atoms with Crippen molar-refractivity contribution in [3.8, 4) is 0 Å². The number of benzene rings is 1. The Morgan fingerprint density at radius 2 is 2.11 bits per heavy atom. The number of aryl methyl sites for hydroxylation is 1. The molecule has 1 aliphatic carbocycles. The Bertz CT molecular complexity index is 583. The Morgan fingerprint density at radius 1 is 1.37 bits per heavy atom. The average molecular weight is 291 g/mol. The molecule has 1 nitrogen and oxygen atoms in total. The first-order chi connectivity index (χ1) is 9.15. The van der Waals surface area contributed by atoms with Gasteiger partial charge in [-0.3, -0.25) is 0 Å². The Kier molecular flexibility index (Phi) is 3.63. The molecule has 3 rings (SSSR count). The average Bonchev–Trinajstić information content (AvgIpc) is 3.15. The smallest absolute Gasteiger partial charge is 0.0389 e. The van der Waals surface area contributed by atoms with E-state index in [0.29, 0.717) is 10.8 Å². The molecule has 1 fully saturated rings. The van der Waals surface area contributed by atoms with E-state index >= 15 is 0 Å². The first-order valence-corrected chi connectivity index (χ1v) is 8.96. The Balaban J connectivity index is 1.77. The van der Waals surface area contributed by atoms with E-state index < -0.39 is 0 Å². The summed E-state index contributed by atoms with van der Waals surface area (Å²) >= 11 is 3.97. The van der Waals surface area contributed by atoms with Gasteiger partial charge in [-0.05, 0) is 50.0 Å². The fourth-order valence-corrected chi connectivity index (χ4v) is 4.61. The molecule has 2 aromatic rings. The molecule has 0 bridgehead atoms. The molecule has 1 atom stereocenters. The minimum absolute atomic E-state index is 0.460. The predicted octanol–water partition coefficient (Wildman–Crippen LogP) is 4.76. The lowest BCUT2D eigenvalue weighted by molar-refractivity contribution is 0.569. The second kappa shape index (κ2) is 5.12. The van der Waals surface area contributed by atoms with Crippen LogP contribution in [0, 0.1) is 6.92 Å². The van der Waals surface area contributed by atoms with Gasteiger partial charge in [0.2, 0.25) is 0 Å². The van der Waals surface area contributed by atoms with Crippen molar-refractivity contribution in [2.45, 2.75) is 37.5 Å². The van der Waals surface area contributed by atoms with Crippen molar-refractivity contribution in [2.75, 3.05) is 12.8 Å². The van der Waals surface area contributed by atoms with Crippen molar-refractivity contribution in [1.29, 1.82) is 0 Å². The summed E-state index contributed by atoms with van der Waals surface area (Å²) in [6, 6.07) is 9.20. The van der Waals surface area contributed by atoms with Crippen molar-refractivity contribution in [2.24, 2.45) is 0 Å². The third kappa shape index (κ3) is 2.56. The molecule has 1 saturated carbocycles. The highest BCUT2D eigenvalue weighted by Gasteiger charge is 2.41. The second-order valence-electron chi connectivity index (χ2n) is 5.58. The van der Waals surface area contributed by atoms with E-state index in [-0.39, 0.29) is 0 Å². The van der Waals surface area contributed by atoms with E-state index in [1.54, 1.807) is 0 Å². The fourth-order valence-electron chi connectivity index (χ4n) is 2.63. The van der Waals surface area contributed by atoms with Gasteiger partial charge in [-0.25, -0.2) is 0 Å². The van der Waals surface area contributed by atoms with Crippen molar-refractivity contribution in [3.05, 3.63) is 34.7 Å². The molecule has 0 saturated heterocycles. The molecular weight excluding hydrogens is 270 g/mol. The van der Waals surface area contributed by atoms with Crippen LogP contribution < -0.4 is 5.32 Å². The maximum absolute atomic E-state index is 3.74. The molecule has 1 unspecified atom stereocenters. The Morgan fingerprint density at radius 3 is 2.74 bits per heavy atom. The molecular formula is C16H21NS2. The summed E-state index contributed by atoms with van der Waals surface area (Å²) < 4.78 is 1.95. The van der Waals surface area contributed by atoms with Crippen molar-refractivity contribution >= 4 is 33.2 Å². The molecule has 0 aliphatic heterocycles. The summed E-state index contributed by atoms with van der Waals surface area (Å²) in [5, 5.41) is 5.16. The fraction of sp³-hybridized carbons (Fsp3) is 0.500. The van der Waals surface area contributed by atoms with E-state index in [1.807, 2.05) is 23.1 Å². The summed E-state index contributed by atoms with van der Waals surface area (Å²) in [6.45, 7) is 5.70. The Hall–Kier alpha value is -0.510. The van der Waals surface area contributed by atoms with Crippen LogP contribution in [0.15, 0.2) is 24.3 Å². The van der Waals surface area contributed by atoms with Gasteiger partial charge in [0.25, 0.3) is 0 Å². The van der Waals surface area contributed by atoms with Crippen LogP contribution in [0.25, 0.3) is 10.1 Å². The van der Waals surface area contributed by atoms with Crippen LogP contribution in [0.1, 0.15) is 36.2 Å². The number of rotatable bonds is 5. The van der Waals surface area contributed by atoms with Gasteiger partial charge < -0.3 is 5.32 Å². The number of hydrogen-bond donors (Lipinski definition) is 1. The van der Waals surface area contributed by atoms with Gasteiger partial charge in [0.1, 0.15) is 0 Å². The van der Waals surface area contributed by atoms with Crippen LogP contribution in [0.5, 0.6) is 0 Å². The zero-order valence-corrected chi connectivity index (χ0v) is 13.5. The highest BCUT2D eigenvalue weighted by Crippen LogP contribution is 2.47. The lowest BCUT2D eigenvalue weighted by Gasteiger charge is -2.18. The first kappa shape index (κ1) is 13.5. The molecule has 1 aliphatic rings. The highest BCUT2D eigenvalue weighted by atomic mass is 32.2. The summed E-state index contributed by atoms with van der Waals surface area (Å²) in [5.41, 5.74) is 1.45. The summed E-state index contributed by atoms with van der Waals surface area (Å²) in [4.78, 5) is 1.50. The van der Waals surface area contributed by atoms with Gasteiger partial charge in [-0.1, -0.05) is 18.2 Å². The minimum atomic E-state index is 0.460. The highest BCUT2D eigenvalue weighted by molar-refractivity contribution is 8.00. The van der Waals surface area contributed by atoms with Gasteiger partial charge in [0, 0.05) is 26.9 Å². The molecule has 1 aromatic carbocycles. The molecule has 0 amide bonds. The zero-order chi connectivity index (χ0) is 13.5. The second-order valence-corrected chi connectivity index (χ2v) is 7.94. The quantitative estimate of drug-likeness (QED) is 0.852. The molecule has 0 radical (unpaired) electrons. The normalized spacial score (nSPS) is 18.7. The SMILES string of the molecule is CSC1(CNC(C)c2sc3ccccc3c2C)CC1. The Labute approximate surface area is 123 Å². The van der Waals surface area contributed by atoms with E-state index in [1.165, 1.54) is 33.4 Å². The molecule has 0 spiro atoms. The third-order valence-corrected chi connectivity index (χ3v) is 7.12. The number of fused-ring (bicyclic) bond motifs is 1. The topological polar surface area (TPSA) is 12.0 Å². The molecule has 1 aromatic heterocycles. The van der Waals surface area contributed by atoms with Crippen LogP contribution in [-0.4, -0.2) is 17.5 Å². The maximum Gasteiger partial charge on any atom is 0.0389 e. The summed E-state index contributed by atoms with van der Waals surface area (Å²) in [6.07, 6.45) is 4.99. The van der Waals surface area contributed by atoms with Gasteiger partial charge in [-0.15, -0.1) is 11.3 Å². The number of thioether (sulfide) groups is 1. The third-order valence-electron chi connectivity index (χ3n) is 4.24.